The van der Waals surface area contributed by atoms with E-state index in [0.717, 1.165) is 6.42 Å². The molecule has 17 heavy (non-hydrogen) atoms. The Balaban J connectivity index is 2.17. The molecule has 1 rings (SSSR count). The molecule has 0 aliphatic carbocycles. The second kappa shape index (κ2) is 7.51. The predicted molar refractivity (Wildman–Crippen MR) is 65.9 cm³/mol. The fourth-order valence-corrected chi connectivity index (χ4v) is 1.21. The average Bonchev–Trinajstić information content (AvgIpc) is 2.34. The van der Waals surface area contributed by atoms with E-state index in [1.807, 2.05) is 0 Å². The highest BCUT2D eigenvalue weighted by Crippen LogP contribution is 2.12. The molecule has 0 atom stereocenters. The first kappa shape index (κ1) is 13.3. The van der Waals surface area contributed by atoms with Gasteiger partial charge in [-0.2, -0.15) is 0 Å². The second-order valence-corrected chi connectivity index (χ2v) is 3.55. The lowest BCUT2D eigenvalue weighted by atomic mass is 10.3. The number of hydrogen-bond donors (Lipinski definition) is 2. The summed E-state index contributed by atoms with van der Waals surface area (Å²) in [6, 6.07) is 6.92. The predicted octanol–water partition coefficient (Wildman–Crippen LogP) is 0.800. The minimum Gasteiger partial charge on any atom is -0.484 e. The number of carbonyl (C=O) groups excluding carboxylic acids is 1. The molecule has 5 heteroatoms. The average molecular weight is 238 g/mol. The Hall–Kier alpha value is -1.75. The fraction of sp³-hybridized carbons (Fsp3) is 0.417. The fourth-order valence-electron chi connectivity index (χ4n) is 1.21. The van der Waals surface area contributed by atoms with Crippen LogP contribution in [-0.2, 0) is 9.53 Å². The van der Waals surface area contributed by atoms with Gasteiger partial charge in [0.15, 0.2) is 6.61 Å². The molecule has 94 valence electrons. The molecule has 1 aromatic carbocycles. The third-order valence-electron chi connectivity index (χ3n) is 2.10. The maximum Gasteiger partial charge on any atom is 0.257 e. The number of methoxy groups -OCH3 is 1. The summed E-state index contributed by atoms with van der Waals surface area (Å²) in [6.45, 7) is 1.24. The van der Waals surface area contributed by atoms with E-state index in [2.05, 4.69) is 5.32 Å². The smallest absolute Gasteiger partial charge is 0.257 e. The van der Waals surface area contributed by atoms with Crippen LogP contribution in [0, 0.1) is 0 Å². The third kappa shape index (κ3) is 5.77. The van der Waals surface area contributed by atoms with E-state index in [4.69, 9.17) is 15.2 Å². The Labute approximate surface area is 101 Å². The zero-order valence-corrected chi connectivity index (χ0v) is 9.94. The number of amides is 1. The van der Waals surface area contributed by atoms with Gasteiger partial charge in [0, 0.05) is 25.9 Å². The Morgan fingerprint density at radius 2 is 2.06 bits per heavy atom. The number of hydrogen-bond acceptors (Lipinski definition) is 4. The van der Waals surface area contributed by atoms with Crippen molar-refractivity contribution in [1.82, 2.24) is 5.32 Å². The minimum absolute atomic E-state index is 0.0108. The monoisotopic (exact) mass is 238 g/mol. The number of nitrogens with one attached hydrogen (secondary N) is 1. The molecule has 0 heterocycles. The van der Waals surface area contributed by atoms with Crippen LogP contribution in [0.4, 0.5) is 5.69 Å². The van der Waals surface area contributed by atoms with Crippen molar-refractivity contribution >= 4 is 11.6 Å². The summed E-state index contributed by atoms with van der Waals surface area (Å²) < 4.78 is 10.2. The number of benzene rings is 1. The minimum atomic E-state index is -0.141. The highest BCUT2D eigenvalue weighted by molar-refractivity contribution is 5.77. The van der Waals surface area contributed by atoms with Crippen molar-refractivity contribution in [1.29, 1.82) is 0 Å². The van der Waals surface area contributed by atoms with Crippen molar-refractivity contribution in [2.45, 2.75) is 6.42 Å². The van der Waals surface area contributed by atoms with Crippen molar-refractivity contribution in [2.75, 3.05) is 32.6 Å². The first-order valence-electron chi connectivity index (χ1n) is 5.46. The number of nitrogen functional groups attached to an aromatic ring is 1. The van der Waals surface area contributed by atoms with Crippen LogP contribution in [0.15, 0.2) is 24.3 Å². The van der Waals surface area contributed by atoms with Crippen molar-refractivity contribution in [3.63, 3.8) is 0 Å². The molecule has 0 saturated heterocycles. The van der Waals surface area contributed by atoms with Crippen LogP contribution >= 0.6 is 0 Å². The molecule has 0 saturated carbocycles. The van der Waals surface area contributed by atoms with Gasteiger partial charge in [-0.25, -0.2) is 0 Å². The number of carbonyl (C=O) groups is 1. The molecule has 3 N–H and O–H groups in total. The molecule has 1 amide bonds. The maximum atomic E-state index is 11.3. The molecule has 0 aliphatic heterocycles. The lowest BCUT2D eigenvalue weighted by molar-refractivity contribution is -0.123. The molecular weight excluding hydrogens is 220 g/mol. The Morgan fingerprint density at radius 1 is 1.35 bits per heavy atom. The van der Waals surface area contributed by atoms with E-state index < -0.39 is 0 Å². The number of rotatable bonds is 7. The first-order chi connectivity index (χ1) is 8.22. The van der Waals surface area contributed by atoms with Crippen LogP contribution < -0.4 is 15.8 Å². The zero-order valence-electron chi connectivity index (χ0n) is 9.94. The largest absolute Gasteiger partial charge is 0.484 e. The second-order valence-electron chi connectivity index (χ2n) is 3.55. The summed E-state index contributed by atoms with van der Waals surface area (Å²) in [6.07, 6.45) is 0.796. The van der Waals surface area contributed by atoms with Gasteiger partial charge in [-0.1, -0.05) is 0 Å². The van der Waals surface area contributed by atoms with Crippen molar-refractivity contribution in [2.24, 2.45) is 0 Å². The summed E-state index contributed by atoms with van der Waals surface area (Å²) in [5.41, 5.74) is 6.20. The topological polar surface area (TPSA) is 73.6 Å². The van der Waals surface area contributed by atoms with Crippen LogP contribution in [0.3, 0.4) is 0 Å². The lowest BCUT2D eigenvalue weighted by Gasteiger charge is -2.07. The molecule has 0 unspecified atom stereocenters. The van der Waals surface area contributed by atoms with Crippen LogP contribution in [-0.4, -0.2) is 32.8 Å². The van der Waals surface area contributed by atoms with E-state index in [1.165, 1.54) is 0 Å². The Morgan fingerprint density at radius 3 is 2.71 bits per heavy atom. The summed E-state index contributed by atoms with van der Waals surface area (Å²) in [5, 5.41) is 2.73. The molecule has 0 bridgehead atoms. The SMILES string of the molecule is COCCCNC(=O)COc1ccc(N)cc1. The van der Waals surface area contributed by atoms with Crippen LogP contribution in [0.25, 0.3) is 0 Å². The zero-order chi connectivity index (χ0) is 12.5. The number of ether oxygens (including phenoxy) is 2. The van der Waals surface area contributed by atoms with E-state index in [9.17, 15) is 4.79 Å². The van der Waals surface area contributed by atoms with Crippen molar-refractivity contribution in [3.05, 3.63) is 24.3 Å². The van der Waals surface area contributed by atoms with Gasteiger partial charge in [-0.05, 0) is 30.7 Å². The van der Waals surface area contributed by atoms with Gasteiger partial charge in [0.25, 0.3) is 5.91 Å². The third-order valence-corrected chi connectivity index (χ3v) is 2.10. The maximum absolute atomic E-state index is 11.3. The van der Waals surface area contributed by atoms with Gasteiger partial charge >= 0.3 is 0 Å². The Bertz CT molecular complexity index is 338. The van der Waals surface area contributed by atoms with E-state index in [0.29, 0.717) is 24.6 Å². The van der Waals surface area contributed by atoms with Gasteiger partial charge in [0.1, 0.15) is 5.75 Å². The Kier molecular flexibility index (Phi) is 5.88. The molecular formula is C12H18N2O3. The van der Waals surface area contributed by atoms with Crippen LogP contribution in [0.2, 0.25) is 0 Å². The highest BCUT2D eigenvalue weighted by Gasteiger charge is 2.01. The van der Waals surface area contributed by atoms with Crippen molar-refractivity contribution in [3.8, 4) is 5.75 Å². The highest BCUT2D eigenvalue weighted by atomic mass is 16.5. The lowest BCUT2D eigenvalue weighted by Crippen LogP contribution is -2.30. The molecule has 0 fully saturated rings. The first-order valence-corrected chi connectivity index (χ1v) is 5.46. The van der Waals surface area contributed by atoms with E-state index >= 15 is 0 Å². The molecule has 0 aromatic heterocycles. The van der Waals surface area contributed by atoms with Gasteiger partial charge in [0.2, 0.25) is 0 Å². The molecule has 0 spiro atoms. The van der Waals surface area contributed by atoms with Crippen LogP contribution in [0.5, 0.6) is 5.75 Å². The summed E-state index contributed by atoms with van der Waals surface area (Å²) >= 11 is 0. The van der Waals surface area contributed by atoms with Gasteiger partial charge in [-0.15, -0.1) is 0 Å². The van der Waals surface area contributed by atoms with E-state index in [-0.39, 0.29) is 12.5 Å². The molecule has 0 radical (unpaired) electrons. The van der Waals surface area contributed by atoms with Crippen LogP contribution in [0.1, 0.15) is 6.42 Å². The van der Waals surface area contributed by atoms with Gasteiger partial charge in [-0.3, -0.25) is 4.79 Å². The molecule has 1 aromatic rings. The standard InChI is InChI=1S/C12H18N2O3/c1-16-8-2-7-14-12(15)9-17-11-5-3-10(13)4-6-11/h3-6H,2,7-9,13H2,1H3,(H,14,15). The summed E-state index contributed by atoms with van der Waals surface area (Å²) in [5.74, 6) is 0.490. The quantitative estimate of drug-likeness (QED) is 0.544. The molecule has 5 nitrogen and oxygen atoms in total. The number of anilines is 1. The summed E-state index contributed by atoms with van der Waals surface area (Å²) in [7, 11) is 1.63. The normalized spacial score (nSPS) is 9.94. The molecule has 0 aliphatic rings. The van der Waals surface area contributed by atoms with Gasteiger partial charge < -0.3 is 20.5 Å². The van der Waals surface area contributed by atoms with E-state index in [1.54, 1.807) is 31.4 Å². The van der Waals surface area contributed by atoms with Crippen molar-refractivity contribution < 1.29 is 14.3 Å². The number of nitrogens with two attached hydrogens (primary N) is 1. The van der Waals surface area contributed by atoms with Gasteiger partial charge in [0.05, 0.1) is 0 Å². The summed E-state index contributed by atoms with van der Waals surface area (Å²) in [4.78, 5) is 11.3.